The van der Waals surface area contributed by atoms with Gasteiger partial charge in [0.1, 0.15) is 17.4 Å². The van der Waals surface area contributed by atoms with Gasteiger partial charge in [0.2, 0.25) is 0 Å². The molecule has 2 aromatic rings. The second-order valence-corrected chi connectivity index (χ2v) is 6.03. The quantitative estimate of drug-likeness (QED) is 0.450. The molecule has 28 heavy (non-hydrogen) atoms. The summed E-state index contributed by atoms with van der Waals surface area (Å²) in [5, 5.41) is 11.9. The number of rotatable bonds is 7. The Morgan fingerprint density at radius 3 is 2.32 bits per heavy atom. The van der Waals surface area contributed by atoms with Crippen molar-refractivity contribution in [1.82, 2.24) is 0 Å². The molecule has 6 nitrogen and oxygen atoms in total. The maximum absolute atomic E-state index is 12.2. The van der Waals surface area contributed by atoms with E-state index in [0.29, 0.717) is 17.0 Å². The maximum atomic E-state index is 12.2. The van der Waals surface area contributed by atoms with Gasteiger partial charge in [0.25, 0.3) is 5.91 Å². The van der Waals surface area contributed by atoms with Crippen LogP contribution in [0.25, 0.3) is 6.08 Å². The molecule has 0 aliphatic carbocycles. The van der Waals surface area contributed by atoms with Gasteiger partial charge in [0.15, 0.2) is 6.10 Å². The molecule has 144 valence electrons. The molecule has 2 aromatic carbocycles. The number of hydrogen-bond donors (Lipinski definition) is 1. The van der Waals surface area contributed by atoms with Crippen molar-refractivity contribution in [3.05, 3.63) is 65.2 Å². The van der Waals surface area contributed by atoms with E-state index in [-0.39, 0.29) is 5.57 Å². The molecule has 0 saturated carbocycles. The number of carbonyl (C=O) groups excluding carboxylic acids is 2. The van der Waals surface area contributed by atoms with E-state index in [1.807, 2.05) is 25.1 Å². The van der Waals surface area contributed by atoms with Crippen molar-refractivity contribution in [3.63, 3.8) is 0 Å². The van der Waals surface area contributed by atoms with Crippen molar-refractivity contribution in [2.24, 2.45) is 0 Å². The zero-order valence-corrected chi connectivity index (χ0v) is 16.1. The molecule has 0 aliphatic heterocycles. The number of nitrogens with zero attached hydrogens (tertiary/aromatic N) is 1. The molecule has 0 heterocycles. The Hall–Kier alpha value is -3.59. The molecule has 1 atom stereocenters. The number of hydrogen-bond acceptors (Lipinski definition) is 5. The third-order valence-electron chi connectivity index (χ3n) is 4.05. The Balaban J connectivity index is 2.00. The van der Waals surface area contributed by atoms with Crippen molar-refractivity contribution in [2.45, 2.75) is 26.4 Å². The molecular weight excluding hydrogens is 356 g/mol. The summed E-state index contributed by atoms with van der Waals surface area (Å²) in [5.41, 5.74) is 2.21. The van der Waals surface area contributed by atoms with Crippen LogP contribution < -0.4 is 10.1 Å². The summed E-state index contributed by atoms with van der Waals surface area (Å²) in [6.07, 6.45) is 1.25. The standard InChI is InChI=1S/C22H22N2O4/c1-4-16-5-9-19(10-6-16)24-21(25)15(2)28-22(26)18(14-23)13-17-7-11-20(27-3)12-8-17/h5-13,15H,4H2,1-3H3,(H,24,25)/b18-13+/t15-/m0/s1. The normalized spacial score (nSPS) is 11.9. The predicted octanol–water partition coefficient (Wildman–Crippen LogP) is 3.73. The minimum Gasteiger partial charge on any atom is -0.497 e. The monoisotopic (exact) mass is 378 g/mol. The Morgan fingerprint density at radius 2 is 1.79 bits per heavy atom. The van der Waals surface area contributed by atoms with Crippen LogP contribution in [-0.4, -0.2) is 25.1 Å². The lowest BCUT2D eigenvalue weighted by molar-refractivity contribution is -0.148. The van der Waals surface area contributed by atoms with E-state index >= 15 is 0 Å². The number of anilines is 1. The molecule has 6 heteroatoms. The molecule has 0 saturated heterocycles. The van der Waals surface area contributed by atoms with E-state index in [9.17, 15) is 14.9 Å². The van der Waals surface area contributed by atoms with Crippen molar-refractivity contribution in [1.29, 1.82) is 5.26 Å². The highest BCUT2D eigenvalue weighted by Gasteiger charge is 2.20. The highest BCUT2D eigenvalue weighted by Crippen LogP contribution is 2.15. The van der Waals surface area contributed by atoms with Crippen LogP contribution in [0.3, 0.4) is 0 Å². The molecule has 1 N–H and O–H groups in total. The van der Waals surface area contributed by atoms with Crippen LogP contribution in [0.15, 0.2) is 54.1 Å². The fourth-order valence-electron chi connectivity index (χ4n) is 2.35. The topological polar surface area (TPSA) is 88.4 Å². The summed E-state index contributed by atoms with van der Waals surface area (Å²) in [4.78, 5) is 24.5. The molecule has 0 aromatic heterocycles. The summed E-state index contributed by atoms with van der Waals surface area (Å²) in [6.45, 7) is 3.50. The van der Waals surface area contributed by atoms with E-state index in [1.165, 1.54) is 13.0 Å². The summed E-state index contributed by atoms with van der Waals surface area (Å²) in [6, 6.07) is 16.1. The van der Waals surface area contributed by atoms with E-state index in [2.05, 4.69) is 5.32 Å². The van der Waals surface area contributed by atoms with Crippen molar-refractivity contribution < 1.29 is 19.1 Å². The van der Waals surface area contributed by atoms with Gasteiger partial charge in [0.05, 0.1) is 7.11 Å². The van der Waals surface area contributed by atoms with Gasteiger partial charge in [-0.25, -0.2) is 4.79 Å². The number of carbonyl (C=O) groups is 2. The average molecular weight is 378 g/mol. The molecule has 2 rings (SSSR count). The van der Waals surface area contributed by atoms with Gasteiger partial charge in [-0.05, 0) is 54.8 Å². The maximum Gasteiger partial charge on any atom is 0.349 e. The van der Waals surface area contributed by atoms with Crippen molar-refractivity contribution in [2.75, 3.05) is 12.4 Å². The van der Waals surface area contributed by atoms with E-state index < -0.39 is 18.0 Å². The fraction of sp³-hybridized carbons (Fsp3) is 0.227. The summed E-state index contributed by atoms with van der Waals surface area (Å²) in [7, 11) is 1.55. The van der Waals surface area contributed by atoms with Crippen LogP contribution >= 0.6 is 0 Å². The van der Waals surface area contributed by atoms with Gasteiger partial charge in [0, 0.05) is 5.69 Å². The first-order chi connectivity index (χ1) is 13.5. The highest BCUT2D eigenvalue weighted by atomic mass is 16.5. The van der Waals surface area contributed by atoms with Crippen LogP contribution in [0.4, 0.5) is 5.69 Å². The highest BCUT2D eigenvalue weighted by molar-refractivity contribution is 6.01. The van der Waals surface area contributed by atoms with Crippen LogP contribution in [0.5, 0.6) is 5.75 Å². The minimum atomic E-state index is -1.05. The molecule has 0 bridgehead atoms. The fourth-order valence-corrected chi connectivity index (χ4v) is 2.35. The van der Waals surface area contributed by atoms with Crippen molar-refractivity contribution >= 4 is 23.6 Å². The number of nitrogens with one attached hydrogen (secondary N) is 1. The molecule has 0 radical (unpaired) electrons. The van der Waals surface area contributed by atoms with E-state index in [4.69, 9.17) is 9.47 Å². The first kappa shape index (κ1) is 20.7. The number of methoxy groups -OCH3 is 1. The number of aryl methyl sites for hydroxylation is 1. The molecule has 0 spiro atoms. The SMILES string of the molecule is CCc1ccc(NC(=O)[C@H](C)OC(=O)/C(C#N)=C/c2ccc(OC)cc2)cc1. The van der Waals surface area contributed by atoms with Crippen LogP contribution in [0.1, 0.15) is 25.0 Å². The number of ether oxygens (including phenoxy) is 2. The lowest BCUT2D eigenvalue weighted by Gasteiger charge is -2.13. The molecule has 1 amide bonds. The summed E-state index contributed by atoms with van der Waals surface area (Å²) < 4.78 is 10.2. The van der Waals surface area contributed by atoms with Crippen LogP contribution in [-0.2, 0) is 20.7 Å². The van der Waals surface area contributed by atoms with Gasteiger partial charge < -0.3 is 14.8 Å². The van der Waals surface area contributed by atoms with Gasteiger partial charge >= 0.3 is 5.97 Å². The molecular formula is C22H22N2O4. The molecule has 0 aliphatic rings. The number of benzene rings is 2. The molecule has 0 unspecified atom stereocenters. The summed E-state index contributed by atoms with van der Waals surface area (Å²) in [5.74, 6) is -0.669. The predicted molar refractivity (Wildman–Crippen MR) is 107 cm³/mol. The summed E-state index contributed by atoms with van der Waals surface area (Å²) >= 11 is 0. The third kappa shape index (κ3) is 5.71. The van der Waals surface area contributed by atoms with Crippen LogP contribution in [0.2, 0.25) is 0 Å². The zero-order chi connectivity index (χ0) is 20.5. The second kappa shape index (κ2) is 9.93. The lowest BCUT2D eigenvalue weighted by atomic mass is 10.1. The largest absolute Gasteiger partial charge is 0.497 e. The van der Waals surface area contributed by atoms with Gasteiger partial charge in [-0.1, -0.05) is 31.2 Å². The zero-order valence-electron chi connectivity index (χ0n) is 16.1. The Morgan fingerprint density at radius 1 is 1.14 bits per heavy atom. The van der Waals surface area contributed by atoms with Crippen LogP contribution in [0, 0.1) is 11.3 Å². The Bertz CT molecular complexity index is 894. The van der Waals surface area contributed by atoms with Gasteiger partial charge in [-0.2, -0.15) is 5.26 Å². The Labute approximate surface area is 164 Å². The first-order valence-electron chi connectivity index (χ1n) is 8.83. The van der Waals surface area contributed by atoms with Gasteiger partial charge in [-0.15, -0.1) is 0 Å². The smallest absolute Gasteiger partial charge is 0.349 e. The van der Waals surface area contributed by atoms with Crippen molar-refractivity contribution in [3.8, 4) is 11.8 Å². The third-order valence-corrected chi connectivity index (χ3v) is 4.05. The number of esters is 1. The second-order valence-electron chi connectivity index (χ2n) is 6.03. The number of amides is 1. The van der Waals surface area contributed by atoms with Gasteiger partial charge in [-0.3, -0.25) is 4.79 Å². The Kier molecular flexibility index (Phi) is 7.35. The molecule has 0 fully saturated rings. The van der Waals surface area contributed by atoms with E-state index in [0.717, 1.165) is 12.0 Å². The minimum absolute atomic E-state index is 0.197. The first-order valence-corrected chi connectivity index (χ1v) is 8.83. The lowest BCUT2D eigenvalue weighted by Crippen LogP contribution is -2.30. The average Bonchev–Trinajstić information content (AvgIpc) is 2.72. The number of nitriles is 1. The van der Waals surface area contributed by atoms with E-state index in [1.54, 1.807) is 43.5 Å².